The second-order valence-corrected chi connectivity index (χ2v) is 6.50. The van der Waals surface area contributed by atoms with Gasteiger partial charge in [0.25, 0.3) is 5.91 Å². The maximum absolute atomic E-state index is 13.2. The number of nitrogens with one attached hydrogen (secondary N) is 2. The van der Waals surface area contributed by atoms with E-state index < -0.39 is 5.95 Å². The molecule has 0 saturated heterocycles. The molecule has 28 heavy (non-hydrogen) atoms. The van der Waals surface area contributed by atoms with Gasteiger partial charge in [0, 0.05) is 24.0 Å². The zero-order valence-corrected chi connectivity index (χ0v) is 14.7. The van der Waals surface area contributed by atoms with Crippen molar-refractivity contribution in [2.75, 3.05) is 11.9 Å². The summed E-state index contributed by atoms with van der Waals surface area (Å²) in [7, 11) is 0. The number of benzene rings is 1. The zero-order valence-electron chi connectivity index (χ0n) is 14.7. The van der Waals surface area contributed by atoms with Gasteiger partial charge in [-0.1, -0.05) is 0 Å². The van der Waals surface area contributed by atoms with Crippen LogP contribution >= 0.6 is 0 Å². The van der Waals surface area contributed by atoms with Crippen molar-refractivity contribution in [3.05, 3.63) is 48.4 Å². The fraction of sp³-hybridized carbons (Fsp3) is 0.158. The Hall–Kier alpha value is -3.75. The summed E-state index contributed by atoms with van der Waals surface area (Å²) < 4.78 is 24.5. The molecule has 0 spiro atoms. The van der Waals surface area contributed by atoms with Crippen molar-refractivity contribution in [2.45, 2.75) is 13.0 Å². The number of furan rings is 1. The van der Waals surface area contributed by atoms with Gasteiger partial charge in [0.05, 0.1) is 22.7 Å². The first-order chi connectivity index (χ1) is 13.6. The lowest BCUT2D eigenvalue weighted by molar-refractivity contribution is 0.0920. The quantitative estimate of drug-likeness (QED) is 0.516. The van der Waals surface area contributed by atoms with Crippen molar-refractivity contribution in [1.82, 2.24) is 20.3 Å². The van der Waals surface area contributed by atoms with E-state index in [-0.39, 0.29) is 29.5 Å². The molecule has 140 valence electrons. The second-order valence-electron chi connectivity index (χ2n) is 6.50. The molecule has 1 aliphatic rings. The predicted octanol–water partition coefficient (Wildman–Crippen LogP) is 3.25. The highest BCUT2D eigenvalue weighted by molar-refractivity contribution is 6.16. The Balaban J connectivity index is 1.62. The Labute approximate surface area is 157 Å². The molecule has 0 fully saturated rings. The summed E-state index contributed by atoms with van der Waals surface area (Å²) >= 11 is 0. The van der Waals surface area contributed by atoms with Gasteiger partial charge in [0.2, 0.25) is 23.5 Å². The average molecular weight is 379 g/mol. The number of amides is 1. The predicted molar refractivity (Wildman–Crippen MR) is 99.0 cm³/mol. The van der Waals surface area contributed by atoms with Gasteiger partial charge in [0.15, 0.2) is 0 Å². The normalized spacial score (nSPS) is 16.4. The second kappa shape index (κ2) is 6.15. The molecule has 0 bridgehead atoms. The van der Waals surface area contributed by atoms with Crippen molar-refractivity contribution in [3.63, 3.8) is 0 Å². The van der Waals surface area contributed by atoms with E-state index in [0.717, 1.165) is 23.2 Å². The van der Waals surface area contributed by atoms with E-state index >= 15 is 0 Å². The van der Waals surface area contributed by atoms with Crippen LogP contribution in [0, 0.1) is 5.95 Å². The van der Waals surface area contributed by atoms with Crippen LogP contribution in [0.2, 0.25) is 0 Å². The number of aromatic nitrogens is 3. The number of rotatable bonds is 2. The van der Waals surface area contributed by atoms with Gasteiger partial charge in [-0.05, 0) is 25.1 Å². The SMILES string of the molecule is CC1CNc2c(oc3ccc4nc(Oc5cc(F)ncn5)ccc4c23)C(=O)N1. The van der Waals surface area contributed by atoms with E-state index in [9.17, 15) is 9.18 Å². The van der Waals surface area contributed by atoms with Crippen molar-refractivity contribution in [3.8, 4) is 11.8 Å². The molecule has 4 aromatic rings. The van der Waals surface area contributed by atoms with Crippen LogP contribution in [-0.4, -0.2) is 33.4 Å². The molecule has 2 N–H and O–H groups in total. The smallest absolute Gasteiger partial charge is 0.289 e. The number of hydrogen-bond acceptors (Lipinski definition) is 7. The van der Waals surface area contributed by atoms with E-state index in [0.29, 0.717) is 23.3 Å². The number of fused-ring (bicyclic) bond motifs is 5. The number of pyridine rings is 1. The number of carbonyl (C=O) groups excluding carboxylic acids is 1. The molecule has 0 radical (unpaired) electrons. The number of anilines is 1. The average Bonchev–Trinajstić information content (AvgIpc) is 2.99. The number of carbonyl (C=O) groups is 1. The van der Waals surface area contributed by atoms with Gasteiger partial charge in [-0.25, -0.2) is 15.0 Å². The van der Waals surface area contributed by atoms with Crippen LogP contribution in [-0.2, 0) is 0 Å². The molecular weight excluding hydrogens is 365 g/mol. The lowest BCUT2D eigenvalue weighted by Gasteiger charge is -2.09. The van der Waals surface area contributed by atoms with Crippen molar-refractivity contribution < 1.29 is 18.3 Å². The third-order valence-electron chi connectivity index (χ3n) is 4.48. The monoisotopic (exact) mass is 379 g/mol. The Morgan fingerprint density at radius 3 is 2.96 bits per heavy atom. The molecular formula is C19H14FN5O3. The Kier molecular flexibility index (Phi) is 3.61. The molecule has 0 aliphatic carbocycles. The molecule has 9 heteroatoms. The molecule has 0 saturated carbocycles. The van der Waals surface area contributed by atoms with E-state index in [1.807, 2.05) is 13.0 Å². The van der Waals surface area contributed by atoms with Gasteiger partial charge in [0.1, 0.15) is 11.9 Å². The van der Waals surface area contributed by atoms with Crippen LogP contribution in [0.3, 0.4) is 0 Å². The number of ether oxygens (including phenoxy) is 1. The van der Waals surface area contributed by atoms with Gasteiger partial charge in [-0.2, -0.15) is 4.39 Å². The maximum Gasteiger partial charge on any atom is 0.289 e. The highest BCUT2D eigenvalue weighted by Crippen LogP contribution is 2.37. The van der Waals surface area contributed by atoms with E-state index in [1.165, 1.54) is 0 Å². The fourth-order valence-electron chi connectivity index (χ4n) is 3.24. The summed E-state index contributed by atoms with van der Waals surface area (Å²) in [5.41, 5.74) is 1.88. The van der Waals surface area contributed by atoms with Crippen molar-refractivity contribution >= 4 is 33.5 Å². The minimum Gasteiger partial charge on any atom is -0.449 e. The van der Waals surface area contributed by atoms with Crippen molar-refractivity contribution in [2.24, 2.45) is 0 Å². The molecule has 1 atom stereocenters. The molecule has 4 heterocycles. The Morgan fingerprint density at radius 1 is 1.21 bits per heavy atom. The van der Waals surface area contributed by atoms with Crippen LogP contribution in [0.15, 0.2) is 41.1 Å². The van der Waals surface area contributed by atoms with E-state index in [4.69, 9.17) is 9.15 Å². The van der Waals surface area contributed by atoms with Crippen molar-refractivity contribution in [1.29, 1.82) is 0 Å². The maximum atomic E-state index is 13.2. The standard InChI is InChI=1S/C19H14FN5O3/c1-9-7-21-17-16-10-2-5-14(28-15-6-13(20)22-8-23-15)25-11(10)3-4-12(16)27-18(17)19(26)24-9/h2-6,8-9,21H,7H2,1H3,(H,24,26). The van der Waals surface area contributed by atoms with E-state index in [2.05, 4.69) is 25.6 Å². The zero-order chi connectivity index (χ0) is 19.3. The highest BCUT2D eigenvalue weighted by Gasteiger charge is 2.26. The molecule has 1 aromatic carbocycles. The first kappa shape index (κ1) is 16.4. The number of nitrogens with zero attached hydrogens (tertiary/aromatic N) is 3. The first-order valence-corrected chi connectivity index (χ1v) is 8.65. The summed E-state index contributed by atoms with van der Waals surface area (Å²) in [4.78, 5) is 24.1. The lowest BCUT2D eigenvalue weighted by atomic mass is 10.1. The van der Waals surface area contributed by atoms with Crippen LogP contribution in [0.25, 0.3) is 21.9 Å². The third kappa shape index (κ3) is 2.68. The molecule has 8 nitrogen and oxygen atoms in total. The lowest BCUT2D eigenvalue weighted by Crippen LogP contribution is -2.34. The summed E-state index contributed by atoms with van der Waals surface area (Å²) in [5.74, 6) is -0.366. The van der Waals surface area contributed by atoms with Gasteiger partial charge >= 0.3 is 0 Å². The molecule has 5 rings (SSSR count). The minimum atomic E-state index is -0.688. The van der Waals surface area contributed by atoms with Gasteiger partial charge in [-0.3, -0.25) is 4.79 Å². The highest BCUT2D eigenvalue weighted by atomic mass is 19.1. The number of halogens is 1. The topological polar surface area (TPSA) is 102 Å². The van der Waals surface area contributed by atoms with Crippen LogP contribution in [0.4, 0.5) is 10.1 Å². The summed E-state index contributed by atoms with van der Waals surface area (Å²) in [6, 6.07) is 8.06. The largest absolute Gasteiger partial charge is 0.449 e. The molecule has 1 amide bonds. The van der Waals surface area contributed by atoms with Gasteiger partial charge in [-0.15, -0.1) is 0 Å². The Morgan fingerprint density at radius 2 is 2.11 bits per heavy atom. The van der Waals surface area contributed by atoms with Crippen LogP contribution in [0.5, 0.6) is 11.8 Å². The summed E-state index contributed by atoms with van der Waals surface area (Å²) in [5, 5.41) is 7.75. The minimum absolute atomic E-state index is 0.0217. The fourth-order valence-corrected chi connectivity index (χ4v) is 3.24. The van der Waals surface area contributed by atoms with Gasteiger partial charge < -0.3 is 19.8 Å². The number of hydrogen-bond donors (Lipinski definition) is 2. The molecule has 1 aliphatic heterocycles. The molecule has 1 unspecified atom stereocenters. The summed E-state index contributed by atoms with van der Waals surface area (Å²) in [6.07, 6.45) is 1.08. The molecule has 3 aromatic heterocycles. The van der Waals surface area contributed by atoms with Crippen LogP contribution < -0.4 is 15.4 Å². The van der Waals surface area contributed by atoms with Crippen LogP contribution in [0.1, 0.15) is 17.5 Å². The first-order valence-electron chi connectivity index (χ1n) is 8.65. The summed E-state index contributed by atoms with van der Waals surface area (Å²) in [6.45, 7) is 2.50. The van der Waals surface area contributed by atoms with E-state index in [1.54, 1.807) is 18.2 Å². The third-order valence-corrected chi connectivity index (χ3v) is 4.48. The Bertz CT molecular complexity index is 1240.